The van der Waals surface area contributed by atoms with Crippen molar-refractivity contribution < 1.29 is 22.3 Å². The van der Waals surface area contributed by atoms with E-state index in [4.69, 9.17) is 4.74 Å². The van der Waals surface area contributed by atoms with Crippen molar-refractivity contribution in [3.05, 3.63) is 59.4 Å². The van der Waals surface area contributed by atoms with Gasteiger partial charge in [0.15, 0.2) is 0 Å². The lowest BCUT2D eigenvalue weighted by Crippen LogP contribution is -2.32. The summed E-state index contributed by atoms with van der Waals surface area (Å²) in [6.07, 6.45) is 0. The first-order valence-electron chi connectivity index (χ1n) is 9.07. The summed E-state index contributed by atoms with van der Waals surface area (Å²) in [5.74, 6) is -0.243. The van der Waals surface area contributed by atoms with Crippen molar-refractivity contribution in [2.45, 2.75) is 25.7 Å². The van der Waals surface area contributed by atoms with Crippen LogP contribution in [0.3, 0.4) is 0 Å². The van der Waals surface area contributed by atoms with Gasteiger partial charge in [-0.1, -0.05) is 19.9 Å². The van der Waals surface area contributed by atoms with Gasteiger partial charge in [-0.05, 0) is 48.9 Å². The second-order valence-corrected chi connectivity index (χ2v) is 8.03. The Morgan fingerprint density at radius 1 is 1.11 bits per heavy atom. The van der Waals surface area contributed by atoms with Crippen molar-refractivity contribution in [1.82, 2.24) is 9.62 Å². The van der Waals surface area contributed by atoms with E-state index in [-0.39, 0.29) is 29.4 Å². The maximum atomic E-state index is 12.9. The summed E-state index contributed by atoms with van der Waals surface area (Å²) in [6.45, 7) is 6.39. The Labute approximate surface area is 165 Å². The molecule has 0 fully saturated rings. The number of halogens is 1. The summed E-state index contributed by atoms with van der Waals surface area (Å²) in [6, 6.07) is 10.2. The SMILES string of the molecule is CCN(CC)S(=O)(=O)c1cc(C(=O)NCCOc2ccc(F)cc2)ccc1C. The second-order valence-electron chi connectivity index (χ2n) is 6.13. The number of carbonyl (C=O) groups is 1. The number of hydrogen-bond donors (Lipinski definition) is 1. The molecule has 0 aromatic heterocycles. The molecule has 0 bridgehead atoms. The Morgan fingerprint density at radius 3 is 2.36 bits per heavy atom. The molecule has 2 aromatic rings. The number of nitrogens with one attached hydrogen (secondary N) is 1. The van der Waals surface area contributed by atoms with E-state index in [0.717, 1.165) is 0 Å². The van der Waals surface area contributed by atoms with E-state index in [0.29, 0.717) is 24.4 Å². The molecule has 1 amide bonds. The van der Waals surface area contributed by atoms with E-state index >= 15 is 0 Å². The molecule has 8 heteroatoms. The highest BCUT2D eigenvalue weighted by molar-refractivity contribution is 7.89. The number of nitrogens with zero attached hydrogens (tertiary/aromatic N) is 1. The van der Waals surface area contributed by atoms with Crippen LogP contribution < -0.4 is 10.1 Å². The molecule has 0 unspecified atom stereocenters. The number of carbonyl (C=O) groups excluding carboxylic acids is 1. The zero-order valence-electron chi connectivity index (χ0n) is 16.2. The molecule has 28 heavy (non-hydrogen) atoms. The van der Waals surface area contributed by atoms with Crippen LogP contribution in [0.4, 0.5) is 4.39 Å². The van der Waals surface area contributed by atoms with Crippen molar-refractivity contribution in [2.24, 2.45) is 0 Å². The minimum atomic E-state index is -3.65. The summed E-state index contributed by atoms with van der Waals surface area (Å²) in [4.78, 5) is 12.5. The van der Waals surface area contributed by atoms with Gasteiger partial charge in [0, 0.05) is 18.7 Å². The molecule has 0 aliphatic rings. The number of ether oxygens (including phenoxy) is 1. The van der Waals surface area contributed by atoms with Crippen LogP contribution in [-0.2, 0) is 10.0 Å². The maximum Gasteiger partial charge on any atom is 0.251 e. The van der Waals surface area contributed by atoms with Gasteiger partial charge < -0.3 is 10.1 Å². The fourth-order valence-corrected chi connectivity index (χ4v) is 4.40. The third-order valence-electron chi connectivity index (χ3n) is 4.24. The van der Waals surface area contributed by atoms with Gasteiger partial charge in [-0.15, -0.1) is 0 Å². The van der Waals surface area contributed by atoms with Gasteiger partial charge in [0.25, 0.3) is 5.91 Å². The predicted octanol–water partition coefficient (Wildman–Crippen LogP) is 2.97. The zero-order chi connectivity index (χ0) is 20.7. The molecule has 2 rings (SSSR count). The number of aryl methyl sites for hydroxylation is 1. The van der Waals surface area contributed by atoms with Crippen molar-refractivity contribution >= 4 is 15.9 Å². The Morgan fingerprint density at radius 2 is 1.75 bits per heavy atom. The van der Waals surface area contributed by atoms with Gasteiger partial charge in [0.05, 0.1) is 11.4 Å². The summed E-state index contributed by atoms with van der Waals surface area (Å²) in [5.41, 5.74) is 0.848. The number of hydrogen-bond acceptors (Lipinski definition) is 4. The van der Waals surface area contributed by atoms with E-state index in [1.54, 1.807) is 32.9 Å². The quantitative estimate of drug-likeness (QED) is 0.648. The Bertz CT molecular complexity index is 910. The molecule has 0 radical (unpaired) electrons. The molecule has 152 valence electrons. The highest BCUT2D eigenvalue weighted by Crippen LogP contribution is 2.21. The lowest BCUT2D eigenvalue weighted by molar-refractivity contribution is 0.0947. The fourth-order valence-electron chi connectivity index (χ4n) is 2.69. The topological polar surface area (TPSA) is 75.7 Å². The van der Waals surface area contributed by atoms with Crippen LogP contribution in [0.2, 0.25) is 0 Å². The third kappa shape index (κ3) is 5.30. The largest absolute Gasteiger partial charge is 0.492 e. The molecule has 1 N–H and O–H groups in total. The molecule has 0 saturated carbocycles. The number of rotatable bonds is 9. The fraction of sp³-hybridized carbons (Fsp3) is 0.350. The van der Waals surface area contributed by atoms with Crippen LogP contribution in [0.15, 0.2) is 47.4 Å². The van der Waals surface area contributed by atoms with Crippen LogP contribution in [0, 0.1) is 12.7 Å². The first-order valence-corrected chi connectivity index (χ1v) is 10.5. The standard InChI is InChI=1S/C20H25FN2O4S/c1-4-23(5-2)28(25,26)19-14-16(7-6-15(19)3)20(24)22-12-13-27-18-10-8-17(21)9-11-18/h6-11,14H,4-5,12-13H2,1-3H3,(H,22,24). The molecule has 0 aliphatic carbocycles. The first kappa shape index (κ1) is 21.8. The van der Waals surface area contributed by atoms with Gasteiger partial charge in [-0.3, -0.25) is 4.79 Å². The molecule has 0 spiro atoms. The van der Waals surface area contributed by atoms with Gasteiger partial charge in [-0.2, -0.15) is 4.31 Å². The van der Waals surface area contributed by atoms with Gasteiger partial charge >= 0.3 is 0 Å². The van der Waals surface area contributed by atoms with Crippen molar-refractivity contribution in [1.29, 1.82) is 0 Å². The molecule has 2 aromatic carbocycles. The van der Waals surface area contributed by atoms with Gasteiger partial charge in [0.1, 0.15) is 18.2 Å². The minimum Gasteiger partial charge on any atom is -0.492 e. The van der Waals surface area contributed by atoms with Crippen LogP contribution in [0.1, 0.15) is 29.8 Å². The maximum absolute atomic E-state index is 12.9. The lowest BCUT2D eigenvalue weighted by atomic mass is 10.1. The second kappa shape index (κ2) is 9.66. The van der Waals surface area contributed by atoms with Gasteiger partial charge in [0.2, 0.25) is 10.0 Å². The Balaban J connectivity index is 2.02. The molecule has 6 nitrogen and oxygen atoms in total. The third-order valence-corrected chi connectivity index (χ3v) is 6.44. The summed E-state index contributed by atoms with van der Waals surface area (Å²) >= 11 is 0. The van der Waals surface area contributed by atoms with Crippen LogP contribution >= 0.6 is 0 Å². The van der Waals surface area contributed by atoms with Crippen LogP contribution in [0.5, 0.6) is 5.75 Å². The highest BCUT2D eigenvalue weighted by Gasteiger charge is 2.24. The van der Waals surface area contributed by atoms with E-state index in [1.165, 1.54) is 34.6 Å². The van der Waals surface area contributed by atoms with E-state index < -0.39 is 15.9 Å². The van der Waals surface area contributed by atoms with Crippen molar-refractivity contribution in [3.8, 4) is 5.75 Å². The lowest BCUT2D eigenvalue weighted by Gasteiger charge is -2.20. The normalized spacial score (nSPS) is 11.5. The van der Waals surface area contributed by atoms with E-state index in [1.807, 2.05) is 0 Å². The van der Waals surface area contributed by atoms with Crippen molar-refractivity contribution in [2.75, 3.05) is 26.2 Å². The molecule has 0 atom stereocenters. The Kier molecular flexibility index (Phi) is 7.53. The van der Waals surface area contributed by atoms with Crippen molar-refractivity contribution in [3.63, 3.8) is 0 Å². The van der Waals surface area contributed by atoms with Crippen LogP contribution in [-0.4, -0.2) is 44.9 Å². The minimum absolute atomic E-state index is 0.131. The predicted molar refractivity (Wildman–Crippen MR) is 106 cm³/mol. The molecular formula is C20H25FN2O4S. The highest BCUT2D eigenvalue weighted by atomic mass is 32.2. The molecular weight excluding hydrogens is 383 g/mol. The Hall–Kier alpha value is -2.45. The summed E-state index contributed by atoms with van der Waals surface area (Å²) in [7, 11) is -3.65. The smallest absolute Gasteiger partial charge is 0.251 e. The number of sulfonamides is 1. The monoisotopic (exact) mass is 408 g/mol. The number of amides is 1. The summed E-state index contributed by atoms with van der Waals surface area (Å²) in [5, 5.41) is 2.69. The molecule has 0 heterocycles. The zero-order valence-corrected chi connectivity index (χ0v) is 17.1. The van der Waals surface area contributed by atoms with Crippen LogP contribution in [0.25, 0.3) is 0 Å². The average Bonchev–Trinajstić information content (AvgIpc) is 2.67. The first-order chi connectivity index (χ1) is 13.3. The van der Waals surface area contributed by atoms with E-state index in [9.17, 15) is 17.6 Å². The summed E-state index contributed by atoms with van der Waals surface area (Å²) < 4.78 is 45.2. The molecule has 0 aliphatic heterocycles. The van der Waals surface area contributed by atoms with Gasteiger partial charge in [-0.25, -0.2) is 12.8 Å². The molecule has 0 saturated heterocycles. The number of benzene rings is 2. The van der Waals surface area contributed by atoms with E-state index in [2.05, 4.69) is 5.32 Å². The average molecular weight is 408 g/mol.